The molecule has 7 heteroatoms. The van der Waals surface area contributed by atoms with Crippen LogP contribution in [0, 0.1) is 5.92 Å². The molecule has 19 heavy (non-hydrogen) atoms. The molecule has 1 saturated carbocycles. The van der Waals surface area contributed by atoms with E-state index in [9.17, 15) is 13.2 Å². The van der Waals surface area contributed by atoms with Crippen molar-refractivity contribution in [2.24, 2.45) is 11.7 Å². The molecule has 2 rings (SSSR count). The molecule has 4 N–H and O–H groups in total. The molecule has 1 heterocycles. The van der Waals surface area contributed by atoms with Crippen molar-refractivity contribution in [1.82, 2.24) is 5.32 Å². The molecular weight excluding hydrogens is 268 g/mol. The van der Waals surface area contributed by atoms with E-state index in [1.165, 1.54) is 0 Å². The van der Waals surface area contributed by atoms with Crippen LogP contribution in [0.3, 0.4) is 0 Å². The van der Waals surface area contributed by atoms with Crippen LogP contribution in [0.4, 0.5) is 0 Å². The number of hydrogen-bond donors (Lipinski definition) is 3. The first-order chi connectivity index (χ1) is 8.86. The summed E-state index contributed by atoms with van der Waals surface area (Å²) >= 11 is 0. The summed E-state index contributed by atoms with van der Waals surface area (Å²) in [6.45, 7) is 0.158. The zero-order valence-electron chi connectivity index (χ0n) is 10.9. The van der Waals surface area contributed by atoms with Gasteiger partial charge in [-0.1, -0.05) is 0 Å². The minimum Gasteiger partial charge on any atom is -0.328 e. The van der Waals surface area contributed by atoms with Gasteiger partial charge in [0.05, 0.1) is 6.04 Å². The average Bonchev–Trinajstić information content (AvgIpc) is 2.81. The van der Waals surface area contributed by atoms with Crippen molar-refractivity contribution in [3.8, 4) is 0 Å². The van der Waals surface area contributed by atoms with E-state index in [0.29, 0.717) is 12.3 Å². The molecule has 0 aromatic heterocycles. The van der Waals surface area contributed by atoms with E-state index in [1.807, 2.05) is 0 Å². The summed E-state index contributed by atoms with van der Waals surface area (Å²) in [5.41, 5.74) is 5.82. The first-order valence-corrected chi connectivity index (χ1v) is 8.34. The van der Waals surface area contributed by atoms with Crippen LogP contribution in [0.15, 0.2) is 0 Å². The summed E-state index contributed by atoms with van der Waals surface area (Å²) in [7, 11) is -4.04. The van der Waals surface area contributed by atoms with Gasteiger partial charge in [-0.2, -0.15) is 8.42 Å². The fourth-order valence-electron chi connectivity index (χ4n) is 2.99. The Hall–Kier alpha value is -0.500. The minimum absolute atomic E-state index is 0.0617. The van der Waals surface area contributed by atoms with Crippen molar-refractivity contribution in [3.63, 3.8) is 0 Å². The lowest BCUT2D eigenvalue weighted by Gasteiger charge is -2.26. The van der Waals surface area contributed by atoms with Crippen molar-refractivity contribution in [2.45, 2.75) is 55.9 Å². The molecular formula is C12H22N2O4S. The van der Waals surface area contributed by atoms with Crippen molar-refractivity contribution >= 4 is 15.9 Å². The van der Waals surface area contributed by atoms with Crippen LogP contribution in [0.5, 0.6) is 0 Å². The molecule has 110 valence electrons. The lowest BCUT2D eigenvalue weighted by Crippen LogP contribution is -2.34. The van der Waals surface area contributed by atoms with Gasteiger partial charge in [-0.15, -0.1) is 0 Å². The van der Waals surface area contributed by atoms with E-state index in [-0.39, 0.29) is 24.8 Å². The molecule has 0 aromatic carbocycles. The largest absolute Gasteiger partial charge is 0.328 e. The molecule has 1 aliphatic heterocycles. The van der Waals surface area contributed by atoms with Crippen molar-refractivity contribution in [2.75, 3.05) is 6.54 Å². The summed E-state index contributed by atoms with van der Waals surface area (Å²) in [6.07, 6.45) is 4.54. The van der Waals surface area contributed by atoms with Crippen molar-refractivity contribution in [1.29, 1.82) is 0 Å². The molecule has 1 saturated heterocycles. The second kappa shape index (κ2) is 5.87. The summed E-state index contributed by atoms with van der Waals surface area (Å²) in [5, 5.41) is 2.05. The van der Waals surface area contributed by atoms with Gasteiger partial charge in [0.1, 0.15) is 11.0 Å². The number of ketones is 1. The highest BCUT2D eigenvalue weighted by molar-refractivity contribution is 7.86. The van der Waals surface area contributed by atoms with E-state index < -0.39 is 21.4 Å². The van der Waals surface area contributed by atoms with Crippen LogP contribution in [-0.2, 0) is 14.9 Å². The summed E-state index contributed by atoms with van der Waals surface area (Å²) < 4.78 is 31.0. The molecule has 0 bridgehead atoms. The Morgan fingerprint density at radius 1 is 1.26 bits per heavy atom. The molecule has 1 aliphatic carbocycles. The zero-order valence-corrected chi connectivity index (χ0v) is 11.7. The van der Waals surface area contributed by atoms with E-state index in [1.54, 1.807) is 0 Å². The maximum Gasteiger partial charge on any atom is 0.269 e. The number of hydrogen-bond acceptors (Lipinski definition) is 5. The average molecular weight is 290 g/mol. The highest BCUT2D eigenvalue weighted by Crippen LogP contribution is 2.27. The van der Waals surface area contributed by atoms with E-state index >= 15 is 0 Å². The molecule has 0 unspecified atom stereocenters. The van der Waals surface area contributed by atoms with Gasteiger partial charge in [0.15, 0.2) is 0 Å². The van der Waals surface area contributed by atoms with Crippen LogP contribution in [0.2, 0.25) is 0 Å². The number of rotatable bonds is 4. The molecule has 2 aliphatic rings. The normalized spacial score (nSPS) is 36.3. The number of nitrogens with two attached hydrogens (primary N) is 1. The molecule has 6 nitrogen and oxygen atoms in total. The van der Waals surface area contributed by atoms with Crippen molar-refractivity contribution in [3.05, 3.63) is 0 Å². The van der Waals surface area contributed by atoms with Gasteiger partial charge in [0, 0.05) is 19.0 Å². The third-order valence-corrected chi connectivity index (χ3v) is 5.48. The topological polar surface area (TPSA) is 109 Å². The SMILES string of the molecule is NC1CCC(CC(=O)[C@@H]2C[C@H](S(=O)(=O)O)CN2)CC1. The number of Topliss-reactive ketones (excluding diaryl/α,β-unsaturated/α-hetero) is 1. The lowest BCUT2D eigenvalue weighted by molar-refractivity contribution is -0.121. The number of carbonyl (C=O) groups excluding carboxylic acids is 1. The Kier molecular flexibility index (Phi) is 4.60. The molecule has 0 aromatic rings. The smallest absolute Gasteiger partial charge is 0.269 e. The zero-order chi connectivity index (χ0) is 14.0. The van der Waals surface area contributed by atoms with E-state index in [4.69, 9.17) is 10.3 Å². The Labute approximate surface area is 113 Å². The van der Waals surface area contributed by atoms with Crippen LogP contribution in [-0.4, -0.2) is 42.6 Å². The summed E-state index contributed by atoms with van der Waals surface area (Å²) in [6, 6.07) is -0.164. The number of carbonyl (C=O) groups is 1. The Balaban J connectivity index is 1.82. The number of nitrogens with one attached hydrogen (secondary N) is 1. The fraction of sp³-hybridized carbons (Fsp3) is 0.917. The Bertz CT molecular complexity index is 429. The summed E-state index contributed by atoms with van der Waals surface area (Å²) in [4.78, 5) is 12.1. The maximum absolute atomic E-state index is 12.1. The molecule has 0 amide bonds. The lowest BCUT2D eigenvalue weighted by atomic mass is 9.82. The van der Waals surface area contributed by atoms with Gasteiger partial charge in [-0.3, -0.25) is 9.35 Å². The minimum atomic E-state index is -4.04. The molecule has 2 fully saturated rings. The predicted octanol–water partition coefficient (Wildman–Crippen LogP) is 0.0814. The molecule has 0 radical (unpaired) electrons. The van der Waals surface area contributed by atoms with Gasteiger partial charge >= 0.3 is 0 Å². The van der Waals surface area contributed by atoms with E-state index in [2.05, 4.69) is 5.32 Å². The highest BCUT2D eigenvalue weighted by Gasteiger charge is 2.36. The Morgan fingerprint density at radius 2 is 1.89 bits per heavy atom. The van der Waals surface area contributed by atoms with Crippen molar-refractivity contribution < 1.29 is 17.8 Å². The van der Waals surface area contributed by atoms with Crippen LogP contribution in [0.1, 0.15) is 38.5 Å². The van der Waals surface area contributed by atoms with Gasteiger partial charge in [0.25, 0.3) is 10.1 Å². The summed E-state index contributed by atoms with van der Waals surface area (Å²) in [5.74, 6) is 0.436. The van der Waals surface area contributed by atoms with Gasteiger partial charge in [0.2, 0.25) is 0 Å². The third-order valence-electron chi connectivity index (χ3n) is 4.28. The predicted molar refractivity (Wildman–Crippen MR) is 71.3 cm³/mol. The highest BCUT2D eigenvalue weighted by atomic mass is 32.2. The third kappa shape index (κ3) is 3.98. The molecule has 0 spiro atoms. The first kappa shape index (κ1) is 14.9. The van der Waals surface area contributed by atoms with Gasteiger partial charge in [-0.05, 0) is 38.0 Å². The van der Waals surface area contributed by atoms with Gasteiger partial charge in [-0.25, -0.2) is 0 Å². The van der Waals surface area contributed by atoms with Crippen LogP contribution < -0.4 is 11.1 Å². The van der Waals surface area contributed by atoms with Crippen LogP contribution in [0.25, 0.3) is 0 Å². The van der Waals surface area contributed by atoms with Gasteiger partial charge < -0.3 is 11.1 Å². The quantitative estimate of drug-likeness (QED) is 0.633. The first-order valence-electron chi connectivity index (χ1n) is 6.84. The molecule has 2 atom stereocenters. The van der Waals surface area contributed by atoms with Crippen LogP contribution >= 0.6 is 0 Å². The monoisotopic (exact) mass is 290 g/mol. The standard InChI is InChI=1S/C12H22N2O4S/c13-9-3-1-8(2-4-9)5-12(15)11-6-10(7-14-11)19(16,17)18/h8-11,14H,1-7,13H2,(H,16,17,18)/t8?,9?,10-,11-/m0/s1. The Morgan fingerprint density at radius 3 is 2.42 bits per heavy atom. The fourth-order valence-corrected chi connectivity index (χ4v) is 3.74. The second-order valence-corrected chi connectivity index (χ2v) is 7.48. The second-order valence-electron chi connectivity index (χ2n) is 5.78. The van der Waals surface area contributed by atoms with E-state index in [0.717, 1.165) is 25.7 Å². The maximum atomic E-state index is 12.1.